The Morgan fingerprint density at radius 2 is 1.74 bits per heavy atom. The molecule has 0 bridgehead atoms. The van der Waals surface area contributed by atoms with Crippen LogP contribution < -0.4 is 10.5 Å². The molecule has 1 aromatic rings. The second-order valence-corrected chi connectivity index (χ2v) is 4.98. The van der Waals surface area contributed by atoms with Crippen LogP contribution in [0.4, 0.5) is 0 Å². The van der Waals surface area contributed by atoms with E-state index >= 15 is 0 Å². The number of hydrogen-bond acceptors (Lipinski definition) is 3. The minimum Gasteiger partial charge on any atom is -0.486 e. The van der Waals surface area contributed by atoms with E-state index in [9.17, 15) is 9.59 Å². The molecule has 102 valence electrons. The van der Waals surface area contributed by atoms with E-state index in [-0.39, 0.29) is 18.3 Å². The van der Waals surface area contributed by atoms with Gasteiger partial charge >= 0.3 is 0 Å². The first-order valence-electron chi connectivity index (χ1n) is 6.72. The third kappa shape index (κ3) is 3.81. The van der Waals surface area contributed by atoms with E-state index in [4.69, 9.17) is 10.5 Å². The van der Waals surface area contributed by atoms with Gasteiger partial charge in [-0.1, -0.05) is 19.3 Å². The number of ether oxygens (including phenoxy) is 1. The van der Waals surface area contributed by atoms with E-state index < -0.39 is 5.91 Å². The molecule has 1 aliphatic carbocycles. The average molecular weight is 261 g/mol. The number of Topliss-reactive ketones (excluding diaryl/α,β-unsaturated/α-hetero) is 1. The van der Waals surface area contributed by atoms with Gasteiger partial charge in [0.25, 0.3) is 0 Å². The molecule has 1 saturated carbocycles. The number of ketones is 1. The number of hydrogen-bond donors (Lipinski definition) is 1. The first-order chi connectivity index (χ1) is 9.16. The standard InChI is InChI=1S/C15H19NO3/c16-15(18)12-6-8-13(9-7-12)19-10-14(17)11-4-2-1-3-5-11/h6-9,11H,1-5,10H2,(H2,16,18). The SMILES string of the molecule is NC(=O)c1ccc(OCC(=O)C2CCCCC2)cc1. The Labute approximate surface area is 112 Å². The van der Waals surface area contributed by atoms with E-state index in [1.54, 1.807) is 24.3 Å². The quantitative estimate of drug-likeness (QED) is 0.884. The molecule has 0 atom stereocenters. The van der Waals surface area contributed by atoms with Crippen molar-refractivity contribution >= 4 is 11.7 Å². The van der Waals surface area contributed by atoms with Crippen LogP contribution in [0.3, 0.4) is 0 Å². The molecule has 0 aromatic heterocycles. The van der Waals surface area contributed by atoms with Crippen molar-refractivity contribution < 1.29 is 14.3 Å². The minimum absolute atomic E-state index is 0.112. The van der Waals surface area contributed by atoms with Gasteiger partial charge in [-0.2, -0.15) is 0 Å². The third-order valence-corrected chi connectivity index (χ3v) is 3.58. The molecule has 1 aromatic carbocycles. The molecule has 2 rings (SSSR count). The van der Waals surface area contributed by atoms with Crippen LogP contribution in [-0.2, 0) is 4.79 Å². The molecule has 19 heavy (non-hydrogen) atoms. The zero-order valence-corrected chi connectivity index (χ0v) is 10.9. The van der Waals surface area contributed by atoms with Gasteiger partial charge in [-0.05, 0) is 37.1 Å². The predicted molar refractivity (Wildman–Crippen MR) is 72.0 cm³/mol. The van der Waals surface area contributed by atoms with Crippen molar-refractivity contribution in [3.8, 4) is 5.75 Å². The number of nitrogens with two attached hydrogens (primary N) is 1. The summed E-state index contributed by atoms with van der Waals surface area (Å²) in [5.74, 6) is 0.469. The second kappa shape index (κ2) is 6.36. The van der Waals surface area contributed by atoms with Crippen molar-refractivity contribution in [3.05, 3.63) is 29.8 Å². The molecule has 1 fully saturated rings. The zero-order chi connectivity index (χ0) is 13.7. The summed E-state index contributed by atoms with van der Waals surface area (Å²) in [5.41, 5.74) is 5.59. The van der Waals surface area contributed by atoms with Crippen molar-refractivity contribution in [1.82, 2.24) is 0 Å². The van der Waals surface area contributed by atoms with Crippen molar-refractivity contribution in [2.24, 2.45) is 11.7 Å². The molecule has 4 heteroatoms. The van der Waals surface area contributed by atoms with Crippen LogP contribution in [0.1, 0.15) is 42.5 Å². The Bertz CT molecular complexity index is 447. The van der Waals surface area contributed by atoms with Crippen molar-refractivity contribution in [2.75, 3.05) is 6.61 Å². The molecule has 1 amide bonds. The normalized spacial score (nSPS) is 16.0. The highest BCUT2D eigenvalue weighted by atomic mass is 16.5. The topological polar surface area (TPSA) is 69.4 Å². The molecule has 2 N–H and O–H groups in total. The Hall–Kier alpha value is -1.84. The fourth-order valence-corrected chi connectivity index (χ4v) is 2.41. The van der Waals surface area contributed by atoms with Crippen LogP contribution in [0, 0.1) is 5.92 Å². The number of carbonyl (C=O) groups is 2. The molecule has 0 radical (unpaired) electrons. The summed E-state index contributed by atoms with van der Waals surface area (Å²) >= 11 is 0. The monoisotopic (exact) mass is 261 g/mol. The summed E-state index contributed by atoms with van der Waals surface area (Å²) in [6.45, 7) is 0.112. The molecule has 4 nitrogen and oxygen atoms in total. The second-order valence-electron chi connectivity index (χ2n) is 4.98. The molecule has 0 aliphatic heterocycles. The molecular formula is C15H19NO3. The Morgan fingerprint density at radius 3 is 2.32 bits per heavy atom. The maximum absolute atomic E-state index is 11.9. The van der Waals surface area contributed by atoms with Gasteiger partial charge in [0.2, 0.25) is 5.91 Å². The zero-order valence-electron chi connectivity index (χ0n) is 10.9. The van der Waals surface area contributed by atoms with Gasteiger partial charge in [0.05, 0.1) is 0 Å². The summed E-state index contributed by atoms with van der Waals surface area (Å²) in [4.78, 5) is 22.9. The number of amides is 1. The van der Waals surface area contributed by atoms with Gasteiger partial charge in [-0.15, -0.1) is 0 Å². The van der Waals surface area contributed by atoms with Crippen LogP contribution in [0.15, 0.2) is 24.3 Å². The van der Waals surface area contributed by atoms with Crippen LogP contribution in [0.2, 0.25) is 0 Å². The largest absolute Gasteiger partial charge is 0.486 e. The molecule has 0 heterocycles. The fourth-order valence-electron chi connectivity index (χ4n) is 2.41. The van der Waals surface area contributed by atoms with E-state index in [1.165, 1.54) is 6.42 Å². The van der Waals surface area contributed by atoms with Gasteiger partial charge in [-0.3, -0.25) is 9.59 Å². The summed E-state index contributed by atoms with van der Waals surface area (Å²) in [7, 11) is 0. The lowest BCUT2D eigenvalue weighted by atomic mass is 9.86. The highest BCUT2D eigenvalue weighted by Crippen LogP contribution is 2.24. The number of rotatable bonds is 5. The molecule has 0 saturated heterocycles. The van der Waals surface area contributed by atoms with Gasteiger partial charge in [0.15, 0.2) is 5.78 Å². The highest BCUT2D eigenvalue weighted by molar-refractivity contribution is 5.92. The lowest BCUT2D eigenvalue weighted by Crippen LogP contribution is -2.23. The van der Waals surface area contributed by atoms with Gasteiger partial charge < -0.3 is 10.5 Å². The van der Waals surface area contributed by atoms with E-state index in [0.29, 0.717) is 11.3 Å². The fraction of sp³-hybridized carbons (Fsp3) is 0.467. The number of carbonyl (C=O) groups excluding carboxylic acids is 2. The van der Waals surface area contributed by atoms with Gasteiger partial charge in [0.1, 0.15) is 12.4 Å². The molecular weight excluding hydrogens is 242 g/mol. The first kappa shape index (κ1) is 13.6. The molecule has 0 spiro atoms. The molecule has 0 unspecified atom stereocenters. The minimum atomic E-state index is -0.468. The van der Waals surface area contributed by atoms with Gasteiger partial charge in [0, 0.05) is 11.5 Å². The number of primary amides is 1. The van der Waals surface area contributed by atoms with Crippen LogP contribution in [0.25, 0.3) is 0 Å². The average Bonchev–Trinajstić information content (AvgIpc) is 2.46. The summed E-state index contributed by atoms with van der Waals surface area (Å²) in [6, 6.07) is 6.52. The summed E-state index contributed by atoms with van der Waals surface area (Å²) in [5, 5.41) is 0. The van der Waals surface area contributed by atoms with Gasteiger partial charge in [-0.25, -0.2) is 0 Å². The molecule has 1 aliphatic rings. The van der Waals surface area contributed by atoms with E-state index in [0.717, 1.165) is 25.7 Å². The Kier molecular flexibility index (Phi) is 4.55. The van der Waals surface area contributed by atoms with E-state index in [1.807, 2.05) is 0 Å². The highest BCUT2D eigenvalue weighted by Gasteiger charge is 2.21. The van der Waals surface area contributed by atoms with Crippen molar-refractivity contribution in [1.29, 1.82) is 0 Å². The maximum Gasteiger partial charge on any atom is 0.248 e. The summed E-state index contributed by atoms with van der Waals surface area (Å²) < 4.78 is 5.45. The maximum atomic E-state index is 11.9. The summed E-state index contributed by atoms with van der Waals surface area (Å²) in [6.07, 6.45) is 5.50. The lowest BCUT2D eigenvalue weighted by Gasteiger charge is -2.20. The predicted octanol–water partition coefficient (Wildman–Crippen LogP) is 2.31. The van der Waals surface area contributed by atoms with Crippen LogP contribution in [0.5, 0.6) is 5.75 Å². The van der Waals surface area contributed by atoms with Crippen molar-refractivity contribution in [2.45, 2.75) is 32.1 Å². The van der Waals surface area contributed by atoms with E-state index in [2.05, 4.69) is 0 Å². The van der Waals surface area contributed by atoms with Crippen LogP contribution >= 0.6 is 0 Å². The van der Waals surface area contributed by atoms with Crippen molar-refractivity contribution in [3.63, 3.8) is 0 Å². The lowest BCUT2D eigenvalue weighted by molar-refractivity contribution is -0.125. The smallest absolute Gasteiger partial charge is 0.248 e. The third-order valence-electron chi connectivity index (χ3n) is 3.58. The first-order valence-corrected chi connectivity index (χ1v) is 6.72. The van der Waals surface area contributed by atoms with Crippen LogP contribution in [-0.4, -0.2) is 18.3 Å². The number of benzene rings is 1. The Morgan fingerprint density at radius 1 is 1.11 bits per heavy atom. The Balaban J connectivity index is 1.84.